The molecule has 4 heteroatoms. The van der Waals surface area contributed by atoms with Crippen molar-refractivity contribution in [3.05, 3.63) is 168 Å². The van der Waals surface area contributed by atoms with E-state index in [0.29, 0.717) is 0 Å². The maximum atomic E-state index is 6.44. The van der Waals surface area contributed by atoms with Gasteiger partial charge in [-0.1, -0.05) is 109 Å². The number of benzene rings is 7. The molecule has 50 heavy (non-hydrogen) atoms. The third-order valence-corrected chi connectivity index (χ3v) is 11.7. The van der Waals surface area contributed by atoms with Crippen molar-refractivity contribution in [2.45, 2.75) is 12.5 Å². The largest absolute Gasteiger partial charge is 0.456 e. The molecule has 10 aromatic rings. The number of para-hydroxylation sites is 2. The van der Waals surface area contributed by atoms with Crippen molar-refractivity contribution in [1.82, 2.24) is 4.57 Å². The Labute approximate surface area is 292 Å². The zero-order valence-corrected chi connectivity index (χ0v) is 27.9. The van der Waals surface area contributed by atoms with Crippen LogP contribution in [0.15, 0.2) is 162 Å². The van der Waals surface area contributed by atoms with Gasteiger partial charge in [-0.2, -0.15) is 0 Å². The van der Waals surface area contributed by atoms with Gasteiger partial charge in [-0.3, -0.25) is 0 Å². The van der Waals surface area contributed by atoms with Gasteiger partial charge < -0.3 is 13.9 Å². The fourth-order valence-corrected chi connectivity index (χ4v) is 9.49. The first-order valence-electron chi connectivity index (χ1n) is 17.2. The van der Waals surface area contributed by atoms with E-state index in [1.807, 2.05) is 17.4 Å². The first kappa shape index (κ1) is 27.8. The van der Waals surface area contributed by atoms with E-state index in [9.17, 15) is 0 Å². The molecule has 0 N–H and O–H groups in total. The lowest BCUT2D eigenvalue weighted by atomic mass is 9.97. The Bertz CT molecular complexity index is 2980. The Morgan fingerprint density at radius 2 is 1.28 bits per heavy atom. The Hall–Kier alpha value is -6.10. The Balaban J connectivity index is 1.16. The highest BCUT2D eigenvalue weighted by Gasteiger charge is 2.27. The maximum Gasteiger partial charge on any atom is 0.137 e. The van der Waals surface area contributed by atoms with Gasteiger partial charge in [-0.25, -0.2) is 0 Å². The van der Waals surface area contributed by atoms with E-state index in [1.165, 1.54) is 53.1 Å². The summed E-state index contributed by atoms with van der Waals surface area (Å²) in [6.45, 7) is 0. The highest BCUT2D eigenvalue weighted by Crippen LogP contribution is 2.43. The van der Waals surface area contributed by atoms with Crippen molar-refractivity contribution >= 4 is 93.4 Å². The number of rotatable bonds is 4. The standard InChI is InChI=1S/C46H30N2OS/c1-2-11-30(12-3-1)48-41-26-31(19-23-35(41)40-22-18-29-10-4-5-13-34(29)46(40)48)47(32-20-24-37-36-14-6-8-16-42(36)49-43(37)27-32)33-21-25-39-38-15-7-9-17-44(38)50-45(39)28-33/h1-27,33H,28H2. The fourth-order valence-electron chi connectivity index (χ4n) is 8.25. The maximum absolute atomic E-state index is 6.44. The topological polar surface area (TPSA) is 21.3 Å². The summed E-state index contributed by atoms with van der Waals surface area (Å²) in [7, 11) is 0. The lowest BCUT2D eigenvalue weighted by molar-refractivity contribution is 0.668. The van der Waals surface area contributed by atoms with Gasteiger partial charge in [0, 0.05) is 66.1 Å². The molecule has 236 valence electrons. The lowest BCUT2D eigenvalue weighted by Gasteiger charge is -2.34. The van der Waals surface area contributed by atoms with Crippen molar-refractivity contribution in [1.29, 1.82) is 0 Å². The van der Waals surface area contributed by atoms with Crippen LogP contribution in [0.1, 0.15) is 10.4 Å². The monoisotopic (exact) mass is 658 g/mol. The second kappa shape index (κ2) is 10.7. The molecule has 0 spiro atoms. The second-order valence-electron chi connectivity index (χ2n) is 13.3. The van der Waals surface area contributed by atoms with Crippen LogP contribution < -0.4 is 4.90 Å². The van der Waals surface area contributed by atoms with E-state index in [-0.39, 0.29) is 6.04 Å². The van der Waals surface area contributed by atoms with Crippen LogP contribution in [0.3, 0.4) is 0 Å². The van der Waals surface area contributed by atoms with Gasteiger partial charge in [0.25, 0.3) is 0 Å². The summed E-state index contributed by atoms with van der Waals surface area (Å²) < 4.78 is 10.2. The molecule has 1 aliphatic carbocycles. The second-order valence-corrected chi connectivity index (χ2v) is 14.4. The molecule has 1 unspecified atom stereocenters. The van der Waals surface area contributed by atoms with E-state index in [4.69, 9.17) is 4.42 Å². The highest BCUT2D eigenvalue weighted by molar-refractivity contribution is 7.19. The molecular formula is C46H30N2OS. The Kier molecular flexibility index (Phi) is 5.95. The van der Waals surface area contributed by atoms with Gasteiger partial charge in [0.1, 0.15) is 11.2 Å². The molecule has 11 rings (SSSR count). The molecule has 1 atom stereocenters. The van der Waals surface area contributed by atoms with E-state index in [1.54, 1.807) is 0 Å². The van der Waals surface area contributed by atoms with E-state index < -0.39 is 0 Å². The average molecular weight is 659 g/mol. The van der Waals surface area contributed by atoms with Gasteiger partial charge in [0.05, 0.1) is 17.1 Å². The fraction of sp³-hybridized carbons (Fsp3) is 0.0435. The van der Waals surface area contributed by atoms with Crippen molar-refractivity contribution in [2.75, 3.05) is 4.90 Å². The minimum atomic E-state index is 0.116. The smallest absolute Gasteiger partial charge is 0.137 e. The lowest BCUT2D eigenvalue weighted by Crippen LogP contribution is -2.32. The third-order valence-electron chi connectivity index (χ3n) is 10.5. The number of furan rings is 1. The van der Waals surface area contributed by atoms with Crippen LogP contribution in [0.5, 0.6) is 0 Å². The van der Waals surface area contributed by atoms with Crippen molar-refractivity contribution in [2.24, 2.45) is 0 Å². The SMILES string of the molecule is C1=CC(N(c2ccc3c(c2)oc2ccccc23)c2ccc3c4ccc5ccccc5c4n(-c4ccccc4)c3c2)Cc2sc3ccccc3c21. The number of fused-ring (bicyclic) bond motifs is 11. The van der Waals surface area contributed by atoms with Crippen LogP contribution in [-0.2, 0) is 6.42 Å². The van der Waals surface area contributed by atoms with Gasteiger partial charge >= 0.3 is 0 Å². The van der Waals surface area contributed by atoms with Crippen LogP contribution >= 0.6 is 11.3 Å². The molecule has 0 radical (unpaired) electrons. The number of anilines is 2. The van der Waals surface area contributed by atoms with Gasteiger partial charge in [-0.05, 0) is 64.9 Å². The van der Waals surface area contributed by atoms with E-state index in [0.717, 1.165) is 45.4 Å². The summed E-state index contributed by atoms with van der Waals surface area (Å²) in [5.74, 6) is 0. The summed E-state index contributed by atoms with van der Waals surface area (Å²) in [4.78, 5) is 3.94. The van der Waals surface area contributed by atoms with Crippen molar-refractivity contribution < 1.29 is 4.42 Å². The predicted octanol–water partition coefficient (Wildman–Crippen LogP) is 12.8. The first-order chi connectivity index (χ1) is 24.8. The van der Waals surface area contributed by atoms with Gasteiger partial charge in [0.2, 0.25) is 0 Å². The normalized spacial score (nSPS) is 14.4. The number of thiophene rings is 1. The molecule has 0 fully saturated rings. The molecule has 3 aromatic heterocycles. The summed E-state index contributed by atoms with van der Waals surface area (Å²) in [6.07, 6.45) is 5.67. The minimum absolute atomic E-state index is 0.116. The quantitative estimate of drug-likeness (QED) is 0.188. The van der Waals surface area contributed by atoms with Crippen LogP contribution in [0, 0.1) is 0 Å². The zero-order valence-electron chi connectivity index (χ0n) is 27.1. The van der Waals surface area contributed by atoms with Crippen LogP contribution in [0.4, 0.5) is 11.4 Å². The van der Waals surface area contributed by atoms with Gasteiger partial charge in [-0.15, -0.1) is 11.3 Å². The number of nitrogens with zero attached hydrogens (tertiary/aromatic N) is 2. The van der Waals surface area contributed by atoms with Crippen LogP contribution in [0.25, 0.3) is 76.4 Å². The summed E-state index contributed by atoms with van der Waals surface area (Å²) in [6, 6.07) is 55.0. The highest BCUT2D eigenvalue weighted by atomic mass is 32.1. The number of hydrogen-bond acceptors (Lipinski definition) is 3. The van der Waals surface area contributed by atoms with E-state index in [2.05, 4.69) is 167 Å². The molecule has 0 bridgehead atoms. The van der Waals surface area contributed by atoms with Crippen LogP contribution in [-0.4, -0.2) is 10.6 Å². The summed E-state index contributed by atoms with van der Waals surface area (Å²) in [5.41, 5.74) is 9.03. The van der Waals surface area contributed by atoms with E-state index >= 15 is 0 Å². The Morgan fingerprint density at radius 3 is 2.18 bits per heavy atom. The molecule has 3 heterocycles. The number of aromatic nitrogens is 1. The van der Waals surface area contributed by atoms with Crippen molar-refractivity contribution in [3.8, 4) is 5.69 Å². The van der Waals surface area contributed by atoms with Crippen LogP contribution in [0.2, 0.25) is 0 Å². The Morgan fingerprint density at radius 1 is 0.580 bits per heavy atom. The summed E-state index contributed by atoms with van der Waals surface area (Å²) >= 11 is 1.92. The molecule has 1 aliphatic rings. The predicted molar refractivity (Wildman–Crippen MR) is 212 cm³/mol. The molecule has 0 saturated heterocycles. The molecule has 7 aromatic carbocycles. The summed E-state index contributed by atoms with van der Waals surface area (Å²) in [5, 5.41) is 8.64. The van der Waals surface area contributed by atoms with Gasteiger partial charge in [0.15, 0.2) is 0 Å². The molecular weight excluding hydrogens is 629 g/mol. The first-order valence-corrected chi connectivity index (χ1v) is 18.0. The minimum Gasteiger partial charge on any atom is -0.456 e. The van der Waals surface area contributed by atoms with Crippen molar-refractivity contribution in [3.63, 3.8) is 0 Å². The number of hydrogen-bond donors (Lipinski definition) is 0. The molecule has 0 aliphatic heterocycles. The molecule has 0 amide bonds. The average Bonchev–Trinajstić information content (AvgIpc) is 3.84. The third kappa shape index (κ3) is 4.09. The zero-order chi connectivity index (χ0) is 32.8. The molecule has 3 nitrogen and oxygen atoms in total. The molecule has 0 saturated carbocycles.